The molecular formula is C22H29N2O5+. The van der Waals surface area contributed by atoms with Gasteiger partial charge in [0, 0.05) is 0 Å². The molecule has 29 heavy (non-hydrogen) atoms. The SMILES string of the molecule is COc1ccc(OC)c(C[NH+]2CCN(C(=O)c3c(OC)cccc3OC)CC2)c1. The van der Waals surface area contributed by atoms with Crippen LogP contribution in [0.25, 0.3) is 0 Å². The molecule has 7 nitrogen and oxygen atoms in total. The smallest absolute Gasteiger partial charge is 0.261 e. The molecule has 1 saturated heterocycles. The average molecular weight is 401 g/mol. The Balaban J connectivity index is 1.68. The number of hydrogen-bond acceptors (Lipinski definition) is 5. The Labute approximate surface area is 171 Å². The Bertz CT molecular complexity index is 825. The molecule has 0 radical (unpaired) electrons. The molecule has 0 bridgehead atoms. The minimum Gasteiger partial charge on any atom is -0.497 e. The second kappa shape index (κ2) is 9.52. The van der Waals surface area contributed by atoms with Gasteiger partial charge in [0.1, 0.15) is 35.1 Å². The summed E-state index contributed by atoms with van der Waals surface area (Å²) in [6.07, 6.45) is 0. The van der Waals surface area contributed by atoms with Gasteiger partial charge in [-0.1, -0.05) is 6.07 Å². The second-order valence-electron chi connectivity index (χ2n) is 6.93. The summed E-state index contributed by atoms with van der Waals surface area (Å²) in [6, 6.07) is 11.2. The number of benzene rings is 2. The van der Waals surface area contributed by atoms with Crippen LogP contribution < -0.4 is 23.8 Å². The molecule has 3 rings (SSSR count). The molecule has 0 saturated carbocycles. The first kappa shape index (κ1) is 20.8. The lowest BCUT2D eigenvalue weighted by Crippen LogP contribution is -3.13. The topological polar surface area (TPSA) is 61.7 Å². The summed E-state index contributed by atoms with van der Waals surface area (Å²) in [5.41, 5.74) is 1.59. The van der Waals surface area contributed by atoms with E-state index in [1.807, 2.05) is 29.2 Å². The first-order valence-corrected chi connectivity index (χ1v) is 9.66. The van der Waals surface area contributed by atoms with E-state index >= 15 is 0 Å². The van der Waals surface area contributed by atoms with Crippen molar-refractivity contribution in [3.63, 3.8) is 0 Å². The van der Waals surface area contributed by atoms with Gasteiger partial charge in [-0.3, -0.25) is 4.79 Å². The number of nitrogens with one attached hydrogen (secondary N) is 1. The highest BCUT2D eigenvalue weighted by Gasteiger charge is 2.29. The number of methoxy groups -OCH3 is 4. The molecule has 1 amide bonds. The van der Waals surface area contributed by atoms with Crippen molar-refractivity contribution in [3.8, 4) is 23.0 Å². The maximum Gasteiger partial charge on any atom is 0.261 e. The van der Waals surface area contributed by atoms with Crippen LogP contribution in [0.4, 0.5) is 0 Å². The summed E-state index contributed by atoms with van der Waals surface area (Å²) >= 11 is 0. The Kier molecular flexibility index (Phi) is 6.82. The minimum absolute atomic E-state index is 0.0580. The second-order valence-corrected chi connectivity index (χ2v) is 6.93. The summed E-state index contributed by atoms with van der Waals surface area (Å²) in [5, 5.41) is 0. The van der Waals surface area contributed by atoms with E-state index in [0.717, 1.165) is 36.7 Å². The number of quaternary nitrogens is 1. The van der Waals surface area contributed by atoms with Crippen LogP contribution in [0, 0.1) is 0 Å². The van der Waals surface area contributed by atoms with Crippen LogP contribution in [-0.4, -0.2) is 65.4 Å². The Morgan fingerprint density at radius 2 is 1.52 bits per heavy atom. The highest BCUT2D eigenvalue weighted by atomic mass is 16.5. The van der Waals surface area contributed by atoms with Crippen molar-refractivity contribution in [2.24, 2.45) is 0 Å². The number of rotatable bonds is 7. The van der Waals surface area contributed by atoms with Crippen LogP contribution in [-0.2, 0) is 6.54 Å². The fourth-order valence-electron chi connectivity index (χ4n) is 3.71. The predicted molar refractivity (Wildman–Crippen MR) is 109 cm³/mol. The van der Waals surface area contributed by atoms with E-state index < -0.39 is 0 Å². The fourth-order valence-corrected chi connectivity index (χ4v) is 3.71. The first-order valence-electron chi connectivity index (χ1n) is 9.66. The van der Waals surface area contributed by atoms with Gasteiger partial charge in [-0.2, -0.15) is 0 Å². The lowest BCUT2D eigenvalue weighted by molar-refractivity contribution is -0.917. The number of nitrogens with zero attached hydrogens (tertiary/aromatic N) is 1. The van der Waals surface area contributed by atoms with Gasteiger partial charge in [-0.05, 0) is 30.3 Å². The maximum atomic E-state index is 13.1. The van der Waals surface area contributed by atoms with Crippen molar-refractivity contribution in [1.82, 2.24) is 4.90 Å². The molecule has 2 aromatic rings. The number of hydrogen-bond donors (Lipinski definition) is 1. The van der Waals surface area contributed by atoms with Gasteiger partial charge in [-0.25, -0.2) is 0 Å². The molecule has 0 spiro atoms. The van der Waals surface area contributed by atoms with E-state index in [4.69, 9.17) is 18.9 Å². The van der Waals surface area contributed by atoms with Crippen LogP contribution in [0.3, 0.4) is 0 Å². The third kappa shape index (κ3) is 4.56. The van der Waals surface area contributed by atoms with Gasteiger partial charge in [0.25, 0.3) is 5.91 Å². The number of carbonyl (C=O) groups excluding carboxylic acids is 1. The van der Waals surface area contributed by atoms with Gasteiger partial charge >= 0.3 is 0 Å². The van der Waals surface area contributed by atoms with Crippen molar-refractivity contribution in [1.29, 1.82) is 0 Å². The zero-order chi connectivity index (χ0) is 20.8. The Morgan fingerprint density at radius 1 is 0.897 bits per heavy atom. The van der Waals surface area contributed by atoms with Crippen molar-refractivity contribution >= 4 is 5.91 Å². The van der Waals surface area contributed by atoms with Gasteiger partial charge in [0.2, 0.25) is 0 Å². The molecule has 1 N–H and O–H groups in total. The third-order valence-corrected chi connectivity index (χ3v) is 5.33. The largest absolute Gasteiger partial charge is 0.497 e. The molecule has 0 atom stereocenters. The zero-order valence-electron chi connectivity index (χ0n) is 17.5. The highest BCUT2D eigenvalue weighted by Crippen LogP contribution is 2.29. The summed E-state index contributed by atoms with van der Waals surface area (Å²) < 4.78 is 21.6. The number of carbonyl (C=O) groups is 1. The predicted octanol–water partition coefficient (Wildman–Crippen LogP) is 1.26. The molecule has 1 aliphatic heterocycles. The number of amides is 1. The molecule has 1 heterocycles. The van der Waals surface area contributed by atoms with E-state index in [9.17, 15) is 4.79 Å². The van der Waals surface area contributed by atoms with E-state index in [1.165, 1.54) is 4.90 Å². The molecule has 0 aromatic heterocycles. The minimum atomic E-state index is -0.0580. The Hall–Kier alpha value is -2.93. The summed E-state index contributed by atoms with van der Waals surface area (Å²) in [4.78, 5) is 16.4. The number of piperazine rings is 1. The van der Waals surface area contributed by atoms with Crippen LogP contribution in [0.2, 0.25) is 0 Å². The fraction of sp³-hybridized carbons (Fsp3) is 0.409. The highest BCUT2D eigenvalue weighted by molar-refractivity contribution is 5.99. The standard InChI is InChI=1S/C22H28N2O5/c1-26-17-8-9-18(27-2)16(14-17)15-23-10-12-24(13-11-23)22(25)21-19(28-3)6-5-7-20(21)29-4/h5-9,14H,10-13,15H2,1-4H3/p+1. The molecule has 0 unspecified atom stereocenters. The summed E-state index contributed by atoms with van der Waals surface area (Å²) in [7, 11) is 6.47. The molecule has 2 aromatic carbocycles. The molecule has 7 heteroatoms. The van der Waals surface area contributed by atoms with Gasteiger partial charge < -0.3 is 28.7 Å². The van der Waals surface area contributed by atoms with Crippen molar-refractivity contribution in [2.45, 2.75) is 6.54 Å². The first-order chi connectivity index (χ1) is 14.1. The van der Waals surface area contributed by atoms with Gasteiger partial charge in [-0.15, -0.1) is 0 Å². The summed E-state index contributed by atoms with van der Waals surface area (Å²) in [6.45, 7) is 3.86. The molecular weight excluding hydrogens is 372 g/mol. The van der Waals surface area contributed by atoms with E-state index in [1.54, 1.807) is 40.6 Å². The van der Waals surface area contributed by atoms with Crippen molar-refractivity contribution in [3.05, 3.63) is 47.5 Å². The van der Waals surface area contributed by atoms with Crippen molar-refractivity contribution in [2.75, 3.05) is 54.6 Å². The van der Waals surface area contributed by atoms with E-state index in [-0.39, 0.29) is 5.91 Å². The molecule has 1 fully saturated rings. The molecule has 0 aliphatic carbocycles. The number of ether oxygens (including phenoxy) is 4. The molecule has 156 valence electrons. The molecule has 1 aliphatic rings. The van der Waals surface area contributed by atoms with Crippen molar-refractivity contribution < 1.29 is 28.6 Å². The van der Waals surface area contributed by atoms with E-state index in [2.05, 4.69) is 0 Å². The summed E-state index contributed by atoms with van der Waals surface area (Å²) in [5.74, 6) is 2.68. The van der Waals surface area contributed by atoms with Crippen LogP contribution >= 0.6 is 0 Å². The van der Waals surface area contributed by atoms with Crippen LogP contribution in [0.5, 0.6) is 23.0 Å². The quantitative estimate of drug-likeness (QED) is 0.757. The maximum absolute atomic E-state index is 13.1. The Morgan fingerprint density at radius 3 is 2.07 bits per heavy atom. The lowest BCUT2D eigenvalue weighted by Gasteiger charge is -2.33. The average Bonchev–Trinajstić information content (AvgIpc) is 2.78. The monoisotopic (exact) mass is 401 g/mol. The lowest BCUT2D eigenvalue weighted by atomic mass is 10.1. The normalized spacial score (nSPS) is 14.4. The third-order valence-electron chi connectivity index (χ3n) is 5.33. The van der Waals surface area contributed by atoms with Crippen LogP contribution in [0.1, 0.15) is 15.9 Å². The van der Waals surface area contributed by atoms with Gasteiger partial charge in [0.05, 0.1) is 60.2 Å². The van der Waals surface area contributed by atoms with Gasteiger partial charge in [0.15, 0.2) is 0 Å². The van der Waals surface area contributed by atoms with E-state index in [0.29, 0.717) is 30.2 Å². The van der Waals surface area contributed by atoms with Crippen LogP contribution in [0.15, 0.2) is 36.4 Å². The zero-order valence-corrected chi connectivity index (χ0v) is 17.5.